The van der Waals surface area contributed by atoms with Gasteiger partial charge in [-0.05, 0) is 32.9 Å². The predicted molar refractivity (Wildman–Crippen MR) is 123 cm³/mol. The maximum atomic E-state index is 12.4. The van der Waals surface area contributed by atoms with Gasteiger partial charge in [0.25, 0.3) is 0 Å². The van der Waals surface area contributed by atoms with E-state index in [2.05, 4.69) is 45.9 Å². The highest BCUT2D eigenvalue weighted by Crippen LogP contribution is 2.28. The second-order valence-electron chi connectivity index (χ2n) is 7.74. The SMILES string of the molecule is CC1CN(Cc2csc(NC(=O)CSC(C)c3nc4ccccc4[nH]3)n2)CC(C)O1. The number of anilines is 1. The second kappa shape index (κ2) is 9.47. The van der Waals surface area contributed by atoms with Gasteiger partial charge >= 0.3 is 0 Å². The van der Waals surface area contributed by atoms with Crippen molar-refractivity contribution < 1.29 is 9.53 Å². The molecule has 1 fully saturated rings. The van der Waals surface area contributed by atoms with E-state index in [-0.39, 0.29) is 23.4 Å². The van der Waals surface area contributed by atoms with Gasteiger partial charge in [0.15, 0.2) is 5.13 Å². The number of H-pyrrole nitrogens is 1. The van der Waals surface area contributed by atoms with Crippen LogP contribution in [0.15, 0.2) is 29.6 Å². The Morgan fingerprint density at radius 2 is 2.10 bits per heavy atom. The van der Waals surface area contributed by atoms with E-state index >= 15 is 0 Å². The number of carbonyl (C=O) groups excluding carboxylic acids is 1. The van der Waals surface area contributed by atoms with Crippen LogP contribution in [0.2, 0.25) is 0 Å². The molecule has 3 aromatic rings. The summed E-state index contributed by atoms with van der Waals surface area (Å²) in [4.78, 5) is 27.3. The van der Waals surface area contributed by atoms with E-state index in [0.29, 0.717) is 10.9 Å². The number of thioether (sulfide) groups is 1. The third-order valence-corrected chi connectivity index (χ3v) is 6.89. The second-order valence-corrected chi connectivity index (χ2v) is 9.92. The average molecular weight is 446 g/mol. The molecule has 1 aromatic carbocycles. The number of ether oxygens (including phenoxy) is 1. The molecule has 0 aliphatic carbocycles. The molecule has 0 saturated carbocycles. The number of nitrogens with zero attached hydrogens (tertiary/aromatic N) is 3. The number of thiazole rings is 1. The fraction of sp³-hybridized carbons (Fsp3) is 0.476. The number of fused-ring (bicyclic) bond motifs is 1. The van der Waals surface area contributed by atoms with Crippen molar-refractivity contribution in [2.75, 3.05) is 24.2 Å². The Kier molecular flexibility index (Phi) is 6.72. The lowest BCUT2D eigenvalue weighted by Gasteiger charge is -2.34. The molecular formula is C21H27N5O2S2. The van der Waals surface area contributed by atoms with Gasteiger partial charge in [-0.25, -0.2) is 9.97 Å². The minimum Gasteiger partial charge on any atom is -0.373 e. The number of rotatable bonds is 7. The van der Waals surface area contributed by atoms with Gasteiger partial charge in [-0.3, -0.25) is 9.69 Å². The number of imidazole rings is 1. The number of morpholine rings is 1. The van der Waals surface area contributed by atoms with Crippen LogP contribution in [0, 0.1) is 0 Å². The molecule has 30 heavy (non-hydrogen) atoms. The van der Waals surface area contributed by atoms with E-state index in [1.807, 2.05) is 29.6 Å². The molecule has 0 radical (unpaired) electrons. The smallest absolute Gasteiger partial charge is 0.236 e. The van der Waals surface area contributed by atoms with E-state index in [4.69, 9.17) is 4.74 Å². The summed E-state index contributed by atoms with van der Waals surface area (Å²) in [7, 11) is 0. The van der Waals surface area contributed by atoms with Crippen LogP contribution < -0.4 is 5.32 Å². The molecule has 1 aliphatic rings. The van der Waals surface area contributed by atoms with E-state index in [0.717, 1.165) is 42.2 Å². The highest BCUT2D eigenvalue weighted by molar-refractivity contribution is 8.00. The van der Waals surface area contributed by atoms with Gasteiger partial charge in [-0.2, -0.15) is 0 Å². The van der Waals surface area contributed by atoms with Crippen LogP contribution in [0.25, 0.3) is 11.0 Å². The first-order valence-corrected chi connectivity index (χ1v) is 12.1. The first-order chi connectivity index (χ1) is 14.5. The van der Waals surface area contributed by atoms with Crippen LogP contribution in [0.4, 0.5) is 5.13 Å². The molecule has 0 spiro atoms. The molecule has 0 bridgehead atoms. The molecule has 2 N–H and O–H groups in total. The normalized spacial score (nSPS) is 21.0. The Hall–Kier alpha value is -1.94. The van der Waals surface area contributed by atoms with E-state index in [1.54, 1.807) is 11.8 Å². The monoisotopic (exact) mass is 445 g/mol. The van der Waals surface area contributed by atoms with Gasteiger partial charge in [0.1, 0.15) is 5.82 Å². The van der Waals surface area contributed by atoms with Crippen molar-refractivity contribution in [1.29, 1.82) is 0 Å². The summed E-state index contributed by atoms with van der Waals surface area (Å²) in [6.45, 7) is 8.84. The lowest BCUT2D eigenvalue weighted by Crippen LogP contribution is -2.44. The maximum absolute atomic E-state index is 12.4. The molecule has 7 nitrogen and oxygen atoms in total. The summed E-state index contributed by atoms with van der Waals surface area (Å²) in [5.74, 6) is 1.20. The molecular weight excluding hydrogens is 418 g/mol. The zero-order valence-corrected chi connectivity index (χ0v) is 19.1. The molecule has 3 atom stereocenters. The van der Waals surface area contributed by atoms with E-state index in [1.165, 1.54) is 11.3 Å². The molecule has 1 saturated heterocycles. The summed E-state index contributed by atoms with van der Waals surface area (Å²) >= 11 is 3.03. The molecule has 4 rings (SSSR count). The summed E-state index contributed by atoms with van der Waals surface area (Å²) in [5, 5.41) is 5.69. The molecule has 160 valence electrons. The summed E-state index contributed by atoms with van der Waals surface area (Å²) in [6.07, 6.45) is 0.467. The third-order valence-electron chi connectivity index (χ3n) is 4.94. The van der Waals surface area contributed by atoms with E-state index in [9.17, 15) is 4.79 Å². The van der Waals surface area contributed by atoms with Crippen molar-refractivity contribution in [3.63, 3.8) is 0 Å². The summed E-state index contributed by atoms with van der Waals surface area (Å²) in [6, 6.07) is 7.95. The summed E-state index contributed by atoms with van der Waals surface area (Å²) < 4.78 is 5.78. The Morgan fingerprint density at radius 3 is 2.87 bits per heavy atom. The Balaban J connectivity index is 1.26. The number of para-hydroxylation sites is 2. The number of aromatic amines is 1. The zero-order valence-electron chi connectivity index (χ0n) is 17.4. The predicted octanol–water partition coefficient (Wildman–Crippen LogP) is 4.06. The van der Waals surface area contributed by atoms with Crippen molar-refractivity contribution in [2.24, 2.45) is 0 Å². The molecule has 2 aromatic heterocycles. The van der Waals surface area contributed by atoms with Crippen molar-refractivity contribution in [3.8, 4) is 0 Å². The fourth-order valence-electron chi connectivity index (χ4n) is 3.68. The average Bonchev–Trinajstić information content (AvgIpc) is 3.32. The molecule has 3 unspecified atom stereocenters. The maximum Gasteiger partial charge on any atom is 0.236 e. The minimum absolute atomic E-state index is 0.0440. The Bertz CT molecular complexity index is 961. The topological polar surface area (TPSA) is 83.1 Å². The first kappa shape index (κ1) is 21.3. The largest absolute Gasteiger partial charge is 0.373 e. The number of nitrogens with one attached hydrogen (secondary N) is 2. The molecule has 1 aliphatic heterocycles. The van der Waals surface area contributed by atoms with Crippen LogP contribution in [-0.4, -0.2) is 56.8 Å². The lowest BCUT2D eigenvalue weighted by atomic mass is 10.2. The van der Waals surface area contributed by atoms with Crippen LogP contribution in [0.1, 0.15) is 37.5 Å². The fourth-order valence-corrected chi connectivity index (χ4v) is 5.14. The number of aromatic nitrogens is 3. The van der Waals surface area contributed by atoms with Gasteiger partial charge < -0.3 is 15.0 Å². The lowest BCUT2D eigenvalue weighted by molar-refractivity contribution is -0.113. The number of carbonyl (C=O) groups is 1. The van der Waals surface area contributed by atoms with Crippen LogP contribution in [0.3, 0.4) is 0 Å². The van der Waals surface area contributed by atoms with Gasteiger partial charge in [-0.1, -0.05) is 12.1 Å². The molecule has 9 heteroatoms. The van der Waals surface area contributed by atoms with Crippen LogP contribution >= 0.6 is 23.1 Å². The Morgan fingerprint density at radius 1 is 1.33 bits per heavy atom. The van der Waals surface area contributed by atoms with Gasteiger partial charge in [0, 0.05) is 25.0 Å². The van der Waals surface area contributed by atoms with Crippen LogP contribution in [0.5, 0.6) is 0 Å². The molecule has 1 amide bonds. The van der Waals surface area contributed by atoms with Gasteiger partial charge in [-0.15, -0.1) is 23.1 Å². The first-order valence-electron chi connectivity index (χ1n) is 10.1. The quantitative estimate of drug-likeness (QED) is 0.571. The zero-order chi connectivity index (χ0) is 21.1. The highest BCUT2D eigenvalue weighted by atomic mass is 32.2. The number of hydrogen-bond donors (Lipinski definition) is 2. The van der Waals surface area contributed by atoms with Crippen molar-refractivity contribution >= 4 is 45.2 Å². The van der Waals surface area contributed by atoms with Crippen molar-refractivity contribution in [3.05, 3.63) is 41.2 Å². The highest BCUT2D eigenvalue weighted by Gasteiger charge is 2.23. The number of benzene rings is 1. The number of hydrogen-bond acceptors (Lipinski definition) is 7. The van der Waals surface area contributed by atoms with Gasteiger partial charge in [0.2, 0.25) is 5.91 Å². The summed E-state index contributed by atoms with van der Waals surface area (Å²) in [5.41, 5.74) is 2.95. The van der Waals surface area contributed by atoms with E-state index < -0.39 is 0 Å². The van der Waals surface area contributed by atoms with Crippen molar-refractivity contribution in [2.45, 2.75) is 44.8 Å². The number of amides is 1. The van der Waals surface area contributed by atoms with Crippen molar-refractivity contribution in [1.82, 2.24) is 19.9 Å². The third kappa shape index (κ3) is 5.40. The van der Waals surface area contributed by atoms with Crippen LogP contribution in [-0.2, 0) is 16.1 Å². The van der Waals surface area contributed by atoms with Gasteiger partial charge in [0.05, 0.1) is 39.9 Å². The minimum atomic E-state index is -0.0440. The Labute approximate surface area is 184 Å². The standard InChI is InChI=1S/C21H27N5O2S2/c1-13-8-26(9-14(2)28-13)10-16-11-30-21(22-16)25-19(27)12-29-15(3)20-23-17-6-4-5-7-18(17)24-20/h4-7,11,13-15H,8-10,12H2,1-3H3,(H,23,24)(H,22,25,27). The molecule has 3 heterocycles.